The Kier molecular flexibility index (Phi) is 7.40. The molecule has 4 nitrogen and oxygen atoms in total. The van der Waals surface area contributed by atoms with Crippen molar-refractivity contribution in [2.75, 3.05) is 33.2 Å². The number of nitrogens with one attached hydrogen (secondary N) is 2. The zero-order valence-electron chi connectivity index (χ0n) is 14.9. The molecule has 2 rings (SSSR count). The third-order valence-electron chi connectivity index (χ3n) is 4.56. The summed E-state index contributed by atoms with van der Waals surface area (Å²) < 4.78 is 0. The molecular weight excluding hydrogens is 284 g/mol. The van der Waals surface area contributed by atoms with Gasteiger partial charge < -0.3 is 15.5 Å². The number of hydrogen-bond acceptors (Lipinski definition) is 2. The smallest absolute Gasteiger partial charge is 0.191 e. The van der Waals surface area contributed by atoms with E-state index in [9.17, 15) is 0 Å². The van der Waals surface area contributed by atoms with Gasteiger partial charge >= 0.3 is 0 Å². The largest absolute Gasteiger partial charge is 0.356 e. The van der Waals surface area contributed by atoms with Crippen molar-refractivity contribution < 1.29 is 0 Å². The summed E-state index contributed by atoms with van der Waals surface area (Å²) in [6.07, 6.45) is 3.79. The number of hydrogen-bond donors (Lipinski definition) is 2. The molecule has 1 atom stereocenters. The highest BCUT2D eigenvalue weighted by molar-refractivity contribution is 5.79. The third kappa shape index (κ3) is 5.87. The van der Waals surface area contributed by atoms with Gasteiger partial charge in [-0.1, -0.05) is 38.1 Å². The SMILES string of the molecule is CCc1ccccc1CNC(=NC)NCC(C)CN1CCCC1. The summed E-state index contributed by atoms with van der Waals surface area (Å²) in [5, 5.41) is 6.90. The first-order chi connectivity index (χ1) is 11.2. The molecule has 0 bridgehead atoms. The van der Waals surface area contributed by atoms with Crippen molar-refractivity contribution in [3.63, 3.8) is 0 Å². The van der Waals surface area contributed by atoms with Crippen LogP contribution in [0.25, 0.3) is 0 Å². The third-order valence-corrected chi connectivity index (χ3v) is 4.56. The number of rotatable bonds is 7. The van der Waals surface area contributed by atoms with E-state index in [1.165, 1.54) is 43.6 Å². The van der Waals surface area contributed by atoms with E-state index in [-0.39, 0.29) is 0 Å². The predicted molar refractivity (Wildman–Crippen MR) is 98.9 cm³/mol. The number of aliphatic imine (C=N–C) groups is 1. The second kappa shape index (κ2) is 9.56. The molecule has 1 aliphatic heterocycles. The van der Waals surface area contributed by atoms with Crippen LogP contribution in [0, 0.1) is 5.92 Å². The number of nitrogens with zero attached hydrogens (tertiary/aromatic N) is 2. The molecule has 0 radical (unpaired) electrons. The standard InChI is InChI=1S/C19H32N4/c1-4-17-9-5-6-10-18(17)14-22-19(20-3)21-13-16(2)15-23-11-7-8-12-23/h5-6,9-10,16H,4,7-8,11-15H2,1-3H3,(H2,20,21,22). The van der Waals surface area contributed by atoms with Crippen LogP contribution < -0.4 is 10.6 Å². The lowest BCUT2D eigenvalue weighted by Crippen LogP contribution is -2.41. The molecule has 1 fully saturated rings. The van der Waals surface area contributed by atoms with Crippen molar-refractivity contribution >= 4 is 5.96 Å². The molecule has 0 saturated carbocycles. The van der Waals surface area contributed by atoms with Gasteiger partial charge in [0.2, 0.25) is 0 Å². The number of benzene rings is 1. The molecule has 1 unspecified atom stereocenters. The highest BCUT2D eigenvalue weighted by Gasteiger charge is 2.14. The summed E-state index contributed by atoms with van der Waals surface area (Å²) >= 11 is 0. The molecule has 0 aliphatic carbocycles. The summed E-state index contributed by atoms with van der Waals surface area (Å²) in [6, 6.07) is 8.60. The molecule has 1 aliphatic rings. The van der Waals surface area contributed by atoms with Gasteiger partial charge in [-0.05, 0) is 49.4 Å². The Morgan fingerprint density at radius 3 is 2.52 bits per heavy atom. The average molecular weight is 316 g/mol. The van der Waals surface area contributed by atoms with Crippen molar-refractivity contribution in [1.29, 1.82) is 0 Å². The van der Waals surface area contributed by atoms with E-state index >= 15 is 0 Å². The maximum Gasteiger partial charge on any atom is 0.191 e. The van der Waals surface area contributed by atoms with Crippen molar-refractivity contribution in [3.05, 3.63) is 35.4 Å². The van der Waals surface area contributed by atoms with Gasteiger partial charge in [0.25, 0.3) is 0 Å². The zero-order chi connectivity index (χ0) is 16.5. The zero-order valence-corrected chi connectivity index (χ0v) is 14.9. The van der Waals surface area contributed by atoms with Crippen molar-refractivity contribution in [2.24, 2.45) is 10.9 Å². The Morgan fingerprint density at radius 1 is 1.17 bits per heavy atom. The lowest BCUT2D eigenvalue weighted by Gasteiger charge is -2.21. The van der Waals surface area contributed by atoms with Gasteiger partial charge in [0, 0.05) is 26.7 Å². The van der Waals surface area contributed by atoms with Crippen LogP contribution in [0.4, 0.5) is 0 Å². The van der Waals surface area contributed by atoms with E-state index in [1.807, 2.05) is 7.05 Å². The highest BCUT2D eigenvalue weighted by atomic mass is 15.2. The van der Waals surface area contributed by atoms with Crippen LogP contribution in [-0.2, 0) is 13.0 Å². The van der Waals surface area contributed by atoms with Crippen LogP contribution in [0.1, 0.15) is 37.8 Å². The van der Waals surface area contributed by atoms with Gasteiger partial charge in [0.05, 0.1) is 0 Å². The Hall–Kier alpha value is -1.55. The quantitative estimate of drug-likeness (QED) is 0.600. The highest BCUT2D eigenvalue weighted by Crippen LogP contribution is 2.10. The van der Waals surface area contributed by atoms with E-state index in [4.69, 9.17) is 0 Å². The minimum atomic E-state index is 0.634. The molecule has 2 N–H and O–H groups in total. The fraction of sp³-hybridized carbons (Fsp3) is 0.632. The molecule has 1 aromatic carbocycles. The van der Waals surface area contributed by atoms with Gasteiger partial charge in [0.15, 0.2) is 5.96 Å². The van der Waals surface area contributed by atoms with Crippen LogP contribution in [0.2, 0.25) is 0 Å². The van der Waals surface area contributed by atoms with Crippen molar-refractivity contribution in [3.8, 4) is 0 Å². The van der Waals surface area contributed by atoms with E-state index in [2.05, 4.69) is 58.6 Å². The summed E-state index contributed by atoms with van der Waals surface area (Å²) in [6.45, 7) is 10.0. The maximum absolute atomic E-state index is 4.34. The molecule has 1 aromatic rings. The van der Waals surface area contributed by atoms with Crippen LogP contribution in [-0.4, -0.2) is 44.1 Å². The monoisotopic (exact) mass is 316 g/mol. The van der Waals surface area contributed by atoms with Gasteiger partial charge in [-0.15, -0.1) is 0 Å². The van der Waals surface area contributed by atoms with E-state index in [0.717, 1.165) is 25.5 Å². The summed E-state index contributed by atoms with van der Waals surface area (Å²) in [5.74, 6) is 1.53. The molecule has 0 aromatic heterocycles. The minimum Gasteiger partial charge on any atom is -0.356 e. The fourth-order valence-corrected chi connectivity index (χ4v) is 3.22. The molecule has 0 amide bonds. The number of guanidine groups is 1. The Labute approximate surface area is 141 Å². The summed E-state index contributed by atoms with van der Waals surface area (Å²) in [5.41, 5.74) is 2.75. The first kappa shape index (κ1) is 17.8. The lowest BCUT2D eigenvalue weighted by molar-refractivity contribution is 0.287. The van der Waals surface area contributed by atoms with Gasteiger partial charge in [-0.25, -0.2) is 0 Å². The summed E-state index contributed by atoms with van der Waals surface area (Å²) in [4.78, 5) is 6.91. The van der Waals surface area contributed by atoms with Gasteiger partial charge in [-0.2, -0.15) is 0 Å². The maximum atomic E-state index is 4.34. The number of aryl methyl sites for hydroxylation is 1. The molecule has 0 spiro atoms. The second-order valence-electron chi connectivity index (χ2n) is 6.54. The van der Waals surface area contributed by atoms with Crippen LogP contribution in [0.3, 0.4) is 0 Å². The first-order valence-corrected chi connectivity index (χ1v) is 8.96. The predicted octanol–water partition coefficient (Wildman–Crippen LogP) is 2.65. The molecule has 4 heteroatoms. The van der Waals surface area contributed by atoms with Gasteiger partial charge in [-0.3, -0.25) is 4.99 Å². The van der Waals surface area contributed by atoms with Crippen LogP contribution in [0.15, 0.2) is 29.3 Å². The minimum absolute atomic E-state index is 0.634. The van der Waals surface area contributed by atoms with E-state index in [1.54, 1.807) is 0 Å². The lowest BCUT2D eigenvalue weighted by atomic mass is 10.1. The van der Waals surface area contributed by atoms with Crippen molar-refractivity contribution in [1.82, 2.24) is 15.5 Å². The molecule has 128 valence electrons. The topological polar surface area (TPSA) is 39.7 Å². The first-order valence-electron chi connectivity index (χ1n) is 8.96. The normalized spacial score (nSPS) is 17.3. The van der Waals surface area contributed by atoms with Crippen LogP contribution in [0.5, 0.6) is 0 Å². The van der Waals surface area contributed by atoms with E-state index in [0.29, 0.717) is 5.92 Å². The molecular formula is C19H32N4. The van der Waals surface area contributed by atoms with Crippen molar-refractivity contribution in [2.45, 2.75) is 39.7 Å². The molecule has 1 saturated heterocycles. The Morgan fingerprint density at radius 2 is 1.87 bits per heavy atom. The Balaban J connectivity index is 1.74. The second-order valence-corrected chi connectivity index (χ2v) is 6.54. The molecule has 23 heavy (non-hydrogen) atoms. The van der Waals surface area contributed by atoms with Crippen LogP contribution >= 0.6 is 0 Å². The Bertz CT molecular complexity index is 492. The number of likely N-dealkylation sites (tertiary alicyclic amines) is 1. The summed E-state index contributed by atoms with van der Waals surface area (Å²) in [7, 11) is 1.84. The fourth-order valence-electron chi connectivity index (χ4n) is 3.22. The van der Waals surface area contributed by atoms with Gasteiger partial charge in [0.1, 0.15) is 0 Å². The van der Waals surface area contributed by atoms with E-state index < -0.39 is 0 Å². The average Bonchev–Trinajstić information content (AvgIpc) is 3.08. The molecule has 1 heterocycles.